The predicted molar refractivity (Wildman–Crippen MR) is 208 cm³/mol. The minimum atomic E-state index is -3.85. The molecule has 0 radical (unpaired) electrons. The van der Waals surface area contributed by atoms with Gasteiger partial charge in [-0.15, -0.1) is 11.8 Å². The highest BCUT2D eigenvalue weighted by Gasteiger charge is 2.44. The molecule has 3 aromatic carbocycles. The third-order valence-electron chi connectivity index (χ3n) is 9.56. The second-order valence-corrected chi connectivity index (χ2v) is 17.1. The van der Waals surface area contributed by atoms with Crippen molar-refractivity contribution in [3.05, 3.63) is 78.4 Å². The van der Waals surface area contributed by atoms with Gasteiger partial charge in [-0.2, -0.15) is 0 Å². The maximum absolute atomic E-state index is 14.4. The number of aliphatic hydroxyl groups is 1. The van der Waals surface area contributed by atoms with Gasteiger partial charge in [-0.25, -0.2) is 13.2 Å². The van der Waals surface area contributed by atoms with Crippen LogP contribution in [0.4, 0.5) is 11.4 Å². The molecule has 4 N–H and O–H groups in total. The van der Waals surface area contributed by atoms with Crippen LogP contribution in [0.3, 0.4) is 0 Å². The Morgan fingerprint density at radius 2 is 1.58 bits per heavy atom. The van der Waals surface area contributed by atoms with E-state index in [0.29, 0.717) is 17.1 Å². The lowest BCUT2D eigenvalue weighted by molar-refractivity contribution is -0.154. The summed E-state index contributed by atoms with van der Waals surface area (Å²) >= 11 is 1.33. The molecule has 3 aromatic rings. The van der Waals surface area contributed by atoms with E-state index in [-0.39, 0.29) is 34.3 Å². The van der Waals surface area contributed by atoms with Gasteiger partial charge in [0.1, 0.15) is 11.8 Å². The number of unbranched alkanes of at least 4 members (excludes halogenated alkanes) is 2. The molecule has 53 heavy (non-hydrogen) atoms. The van der Waals surface area contributed by atoms with E-state index in [1.54, 1.807) is 38.1 Å². The number of anilines is 2. The van der Waals surface area contributed by atoms with Gasteiger partial charge in [0.15, 0.2) is 16.4 Å². The fourth-order valence-electron chi connectivity index (χ4n) is 6.86. The summed E-state index contributed by atoms with van der Waals surface area (Å²) in [5.74, 6) is -3.24. The Balaban J connectivity index is 1.70. The zero-order valence-corrected chi connectivity index (χ0v) is 32.9. The zero-order chi connectivity index (χ0) is 38.8. The average Bonchev–Trinajstić information content (AvgIpc) is 3.23. The molecule has 1 heterocycles. The first kappa shape index (κ1) is 41.7. The Labute approximate surface area is 317 Å². The van der Waals surface area contributed by atoms with E-state index in [1.807, 2.05) is 36.6 Å². The summed E-state index contributed by atoms with van der Waals surface area (Å²) < 4.78 is 34.9. The third kappa shape index (κ3) is 10.3. The fourth-order valence-corrected chi connectivity index (χ4v) is 9.52. The molecule has 0 fully saturated rings. The first-order valence-electron chi connectivity index (χ1n) is 18.2. The van der Waals surface area contributed by atoms with Crippen LogP contribution in [0.2, 0.25) is 0 Å². The molecular formula is C40H53N3O8S2. The van der Waals surface area contributed by atoms with E-state index >= 15 is 0 Å². The number of thioether (sulfide) groups is 1. The van der Waals surface area contributed by atoms with E-state index < -0.39 is 51.4 Å². The second kappa shape index (κ2) is 18.3. The molecule has 0 saturated heterocycles. The molecule has 1 aliphatic heterocycles. The number of carbonyl (C=O) groups is 3. The van der Waals surface area contributed by atoms with Crippen molar-refractivity contribution in [2.45, 2.75) is 94.2 Å². The van der Waals surface area contributed by atoms with Crippen molar-refractivity contribution < 1.29 is 37.8 Å². The van der Waals surface area contributed by atoms with Crippen LogP contribution >= 0.6 is 11.8 Å². The topological polar surface area (TPSA) is 162 Å². The summed E-state index contributed by atoms with van der Waals surface area (Å²) in [6.07, 6.45) is 7.16. The first-order chi connectivity index (χ1) is 25.2. The van der Waals surface area contributed by atoms with Crippen molar-refractivity contribution in [1.29, 1.82) is 0 Å². The number of hydrogen-bond donors (Lipinski definition) is 4. The number of carbonyl (C=O) groups excluding carboxylic acids is 2. The summed E-state index contributed by atoms with van der Waals surface area (Å²) in [4.78, 5) is 41.7. The van der Waals surface area contributed by atoms with Gasteiger partial charge < -0.3 is 30.5 Å². The number of amides is 2. The number of benzene rings is 3. The van der Waals surface area contributed by atoms with E-state index in [2.05, 4.69) is 29.4 Å². The van der Waals surface area contributed by atoms with Crippen molar-refractivity contribution in [2.75, 3.05) is 30.1 Å². The summed E-state index contributed by atoms with van der Waals surface area (Å²) in [5, 5.41) is 26.1. The SMILES string of the molecule is CCCCC1(CCCC)CN(c2ccccc2)c2cc(SC)c(OCC(=O)N[C@](O)(C(=O)N[C@@H](CC(C)C)C(=O)O)c3ccccc3)cc2S(=O)(=O)C1. The Hall–Kier alpha value is -4.07. The van der Waals surface area contributed by atoms with Crippen molar-refractivity contribution in [2.24, 2.45) is 11.3 Å². The minimum absolute atomic E-state index is 0.0103. The summed E-state index contributed by atoms with van der Waals surface area (Å²) in [6, 6.07) is 19.4. The minimum Gasteiger partial charge on any atom is -0.483 e. The van der Waals surface area contributed by atoms with Crippen molar-refractivity contribution in [3.63, 3.8) is 0 Å². The summed E-state index contributed by atoms with van der Waals surface area (Å²) in [5.41, 5.74) is -1.70. The molecule has 0 saturated carbocycles. The molecule has 0 unspecified atom stereocenters. The molecular weight excluding hydrogens is 715 g/mol. The number of carboxylic acid groups (broad SMARTS) is 1. The van der Waals surface area contributed by atoms with Crippen LogP contribution in [-0.2, 0) is 29.9 Å². The summed E-state index contributed by atoms with van der Waals surface area (Å²) in [6.45, 7) is 7.67. The number of aliphatic carboxylic acids is 1. The largest absolute Gasteiger partial charge is 0.483 e. The van der Waals surface area contributed by atoms with E-state index in [4.69, 9.17) is 4.74 Å². The number of nitrogens with one attached hydrogen (secondary N) is 2. The lowest BCUT2D eigenvalue weighted by Gasteiger charge is -2.37. The van der Waals surface area contributed by atoms with Gasteiger partial charge in [-0.3, -0.25) is 9.59 Å². The van der Waals surface area contributed by atoms with Crippen molar-refractivity contribution >= 4 is 50.8 Å². The first-order valence-corrected chi connectivity index (χ1v) is 21.1. The molecule has 2 atom stereocenters. The van der Waals surface area contributed by atoms with Crippen LogP contribution in [0, 0.1) is 11.3 Å². The number of hydrogen-bond acceptors (Lipinski definition) is 9. The molecule has 0 spiro atoms. The normalized spacial score (nSPS) is 16.5. The van der Waals surface area contributed by atoms with Gasteiger partial charge in [0, 0.05) is 29.3 Å². The number of sulfone groups is 1. The third-order valence-corrected chi connectivity index (χ3v) is 12.3. The molecule has 288 valence electrons. The van der Waals surface area contributed by atoms with Gasteiger partial charge in [0.25, 0.3) is 11.8 Å². The Morgan fingerprint density at radius 1 is 0.981 bits per heavy atom. The van der Waals surface area contributed by atoms with Crippen LogP contribution < -0.4 is 20.3 Å². The molecule has 0 bridgehead atoms. The lowest BCUT2D eigenvalue weighted by Crippen LogP contribution is -2.59. The molecule has 2 amide bonds. The maximum Gasteiger partial charge on any atom is 0.326 e. The van der Waals surface area contributed by atoms with Crippen LogP contribution in [0.25, 0.3) is 0 Å². The highest BCUT2D eigenvalue weighted by atomic mass is 32.2. The second-order valence-electron chi connectivity index (χ2n) is 14.3. The maximum atomic E-state index is 14.4. The van der Waals surface area contributed by atoms with Gasteiger partial charge in [-0.1, -0.05) is 102 Å². The Bertz CT molecular complexity index is 1810. The fraction of sp³-hybridized carbons (Fsp3) is 0.475. The smallest absolute Gasteiger partial charge is 0.326 e. The number of nitrogens with zero attached hydrogens (tertiary/aromatic N) is 1. The van der Waals surface area contributed by atoms with Crippen LogP contribution in [0.5, 0.6) is 5.75 Å². The van der Waals surface area contributed by atoms with Gasteiger partial charge in [0.05, 0.1) is 21.2 Å². The number of fused-ring (bicyclic) bond motifs is 1. The molecule has 1 aliphatic rings. The molecule has 4 rings (SSSR count). The molecule has 13 heteroatoms. The molecule has 0 aliphatic carbocycles. The number of carboxylic acids is 1. The highest BCUT2D eigenvalue weighted by Crippen LogP contribution is 2.47. The quantitative estimate of drug-likeness (QED) is 0.0814. The summed E-state index contributed by atoms with van der Waals surface area (Å²) in [7, 11) is -3.85. The monoisotopic (exact) mass is 767 g/mol. The zero-order valence-electron chi connectivity index (χ0n) is 31.3. The average molecular weight is 768 g/mol. The number of rotatable bonds is 18. The van der Waals surface area contributed by atoms with Gasteiger partial charge in [0.2, 0.25) is 5.72 Å². The Morgan fingerprint density at radius 3 is 2.13 bits per heavy atom. The molecule has 11 nitrogen and oxygen atoms in total. The van der Waals surface area contributed by atoms with E-state index in [9.17, 15) is 33.0 Å². The number of para-hydroxylation sites is 1. The lowest BCUT2D eigenvalue weighted by atomic mass is 9.79. The Kier molecular flexibility index (Phi) is 14.4. The van der Waals surface area contributed by atoms with Gasteiger partial charge in [-0.05, 0) is 49.6 Å². The molecule has 0 aromatic heterocycles. The number of ether oxygens (including phenoxy) is 1. The van der Waals surface area contributed by atoms with Crippen LogP contribution in [0.1, 0.15) is 78.2 Å². The predicted octanol–water partition coefficient (Wildman–Crippen LogP) is 6.66. The van der Waals surface area contributed by atoms with Crippen molar-refractivity contribution in [3.8, 4) is 5.75 Å². The van der Waals surface area contributed by atoms with Gasteiger partial charge >= 0.3 is 5.97 Å². The van der Waals surface area contributed by atoms with Crippen molar-refractivity contribution in [1.82, 2.24) is 10.6 Å². The van der Waals surface area contributed by atoms with E-state index in [0.717, 1.165) is 44.2 Å². The van der Waals surface area contributed by atoms with Crippen LogP contribution in [-0.4, -0.2) is 67.6 Å². The standard InChI is InChI=1S/C40H53N3O8S2/c1-6-8-20-39(21-9-7-2)26-43(30-18-14-11-15-19-30)32-23-34(52-5)33(24-35(32)53(49,50)27-39)51-25-36(44)42-40(48,29-16-12-10-13-17-29)38(47)41-31(37(45)46)22-28(3)4/h10-19,23-24,28,31,48H,6-9,20-22,25-27H2,1-5H3,(H,41,47)(H,42,44)(H,45,46)/t31-,40+/m0/s1. The highest BCUT2D eigenvalue weighted by molar-refractivity contribution is 7.98. The van der Waals surface area contributed by atoms with E-state index in [1.165, 1.54) is 30.0 Å². The van der Waals surface area contributed by atoms with Crippen LogP contribution in [0.15, 0.2) is 82.6 Å².